The average molecular weight is 262 g/mol. The smallest absolute Gasteiger partial charge is 0.0730 e. The lowest BCUT2D eigenvalue weighted by molar-refractivity contribution is 0.607. The molecule has 0 fully saturated rings. The molecule has 0 heterocycles. The zero-order valence-electron chi connectivity index (χ0n) is 8.47. The lowest BCUT2D eigenvalue weighted by Gasteiger charge is -2.10. The number of benzene rings is 1. The topological polar surface area (TPSA) is 26.0 Å². The van der Waals surface area contributed by atoms with Gasteiger partial charge in [0.05, 0.1) is 15.0 Å². The maximum atomic E-state index is 5.92. The predicted molar refractivity (Wildman–Crippen MR) is 70.7 cm³/mol. The number of hydrogen-bond acceptors (Lipinski definition) is 1. The Kier molecular flexibility index (Phi) is 4.84. The first-order valence-electron chi connectivity index (χ1n) is 4.71. The summed E-state index contributed by atoms with van der Waals surface area (Å²) in [6.45, 7) is 2.11. The summed E-state index contributed by atoms with van der Waals surface area (Å²) in [4.78, 5) is 0.558. The van der Waals surface area contributed by atoms with Crippen molar-refractivity contribution in [2.45, 2.75) is 19.8 Å². The van der Waals surface area contributed by atoms with Crippen molar-refractivity contribution < 1.29 is 0 Å². The van der Waals surface area contributed by atoms with Gasteiger partial charge in [0, 0.05) is 6.42 Å². The SMILES string of the molecule is CC(CC(N)=S)Cc1ccc(Cl)c(Cl)c1. The maximum Gasteiger partial charge on any atom is 0.0730 e. The van der Waals surface area contributed by atoms with E-state index in [0.29, 0.717) is 21.0 Å². The number of thiocarbonyl (C=S) groups is 1. The minimum absolute atomic E-state index is 0.430. The third-order valence-electron chi connectivity index (χ3n) is 2.12. The van der Waals surface area contributed by atoms with E-state index < -0.39 is 0 Å². The Hall–Kier alpha value is -0.310. The average Bonchev–Trinajstić information content (AvgIpc) is 2.10. The second-order valence-electron chi connectivity index (χ2n) is 3.73. The van der Waals surface area contributed by atoms with Crippen LogP contribution in [0.4, 0.5) is 0 Å². The summed E-state index contributed by atoms with van der Waals surface area (Å²) in [6.07, 6.45) is 1.67. The molecule has 0 aromatic heterocycles. The Morgan fingerprint density at radius 3 is 2.60 bits per heavy atom. The van der Waals surface area contributed by atoms with Gasteiger partial charge in [0.2, 0.25) is 0 Å². The van der Waals surface area contributed by atoms with E-state index in [4.69, 9.17) is 41.2 Å². The Labute approximate surface area is 106 Å². The summed E-state index contributed by atoms with van der Waals surface area (Å²) in [6, 6.07) is 5.68. The van der Waals surface area contributed by atoms with E-state index in [0.717, 1.165) is 18.4 Å². The Morgan fingerprint density at radius 1 is 1.40 bits per heavy atom. The van der Waals surface area contributed by atoms with Crippen molar-refractivity contribution in [2.75, 3.05) is 0 Å². The van der Waals surface area contributed by atoms with Crippen molar-refractivity contribution in [1.29, 1.82) is 0 Å². The molecule has 15 heavy (non-hydrogen) atoms. The summed E-state index contributed by atoms with van der Waals surface area (Å²) in [7, 11) is 0. The Bertz CT molecular complexity index is 366. The van der Waals surface area contributed by atoms with Gasteiger partial charge in [-0.25, -0.2) is 0 Å². The van der Waals surface area contributed by atoms with Gasteiger partial charge in [-0.2, -0.15) is 0 Å². The van der Waals surface area contributed by atoms with Crippen molar-refractivity contribution in [2.24, 2.45) is 11.7 Å². The van der Waals surface area contributed by atoms with Gasteiger partial charge >= 0.3 is 0 Å². The van der Waals surface area contributed by atoms with Crippen LogP contribution < -0.4 is 5.73 Å². The minimum atomic E-state index is 0.430. The van der Waals surface area contributed by atoms with Crippen molar-refractivity contribution in [3.8, 4) is 0 Å². The fourth-order valence-electron chi connectivity index (χ4n) is 1.48. The highest BCUT2D eigenvalue weighted by Gasteiger charge is 2.06. The molecule has 2 N–H and O–H groups in total. The second-order valence-corrected chi connectivity index (χ2v) is 5.07. The molecule has 82 valence electrons. The molecule has 1 rings (SSSR count). The van der Waals surface area contributed by atoms with Gasteiger partial charge in [0.15, 0.2) is 0 Å². The highest BCUT2D eigenvalue weighted by molar-refractivity contribution is 7.80. The van der Waals surface area contributed by atoms with Crippen molar-refractivity contribution in [1.82, 2.24) is 0 Å². The first-order valence-corrected chi connectivity index (χ1v) is 5.87. The summed E-state index contributed by atoms with van der Waals surface area (Å²) in [5, 5.41) is 1.18. The highest BCUT2D eigenvalue weighted by Crippen LogP contribution is 2.24. The molecular weight excluding hydrogens is 249 g/mol. The molecule has 0 radical (unpaired) electrons. The molecule has 0 saturated carbocycles. The van der Waals surface area contributed by atoms with E-state index >= 15 is 0 Å². The standard InChI is InChI=1S/C11H13Cl2NS/c1-7(5-11(14)15)4-8-2-3-9(12)10(13)6-8/h2-3,6-7H,4-5H2,1H3,(H2,14,15). The van der Waals surface area contributed by atoms with Gasteiger partial charge in [-0.05, 0) is 30.0 Å². The quantitative estimate of drug-likeness (QED) is 0.834. The number of hydrogen-bond donors (Lipinski definition) is 1. The van der Waals surface area contributed by atoms with E-state index in [9.17, 15) is 0 Å². The third kappa shape index (κ3) is 4.37. The van der Waals surface area contributed by atoms with Crippen LogP contribution in [0.25, 0.3) is 0 Å². The predicted octanol–water partition coefficient (Wildman–Crippen LogP) is 3.85. The van der Waals surface area contributed by atoms with Crippen molar-refractivity contribution in [3.63, 3.8) is 0 Å². The van der Waals surface area contributed by atoms with Crippen LogP contribution in [0.5, 0.6) is 0 Å². The first kappa shape index (κ1) is 12.8. The minimum Gasteiger partial charge on any atom is -0.393 e. The number of nitrogens with two attached hydrogens (primary N) is 1. The normalized spacial score (nSPS) is 12.5. The van der Waals surface area contributed by atoms with Crippen LogP contribution >= 0.6 is 35.4 Å². The van der Waals surface area contributed by atoms with Gasteiger partial charge in [-0.3, -0.25) is 0 Å². The first-order chi connectivity index (χ1) is 6.99. The van der Waals surface area contributed by atoms with Crippen LogP contribution in [0.15, 0.2) is 18.2 Å². The molecule has 0 amide bonds. The Morgan fingerprint density at radius 2 is 2.07 bits per heavy atom. The molecular formula is C11H13Cl2NS. The summed E-state index contributed by atoms with van der Waals surface area (Å²) in [5.74, 6) is 0.430. The van der Waals surface area contributed by atoms with E-state index in [1.165, 1.54) is 0 Å². The van der Waals surface area contributed by atoms with Crippen LogP contribution in [0.3, 0.4) is 0 Å². The lowest BCUT2D eigenvalue weighted by Crippen LogP contribution is -2.13. The van der Waals surface area contributed by atoms with Gasteiger partial charge < -0.3 is 5.73 Å². The van der Waals surface area contributed by atoms with Crippen LogP contribution in [-0.2, 0) is 6.42 Å². The highest BCUT2D eigenvalue weighted by atomic mass is 35.5. The molecule has 1 unspecified atom stereocenters. The molecule has 1 aromatic rings. The van der Waals surface area contributed by atoms with Crippen molar-refractivity contribution in [3.05, 3.63) is 33.8 Å². The molecule has 1 atom stereocenters. The van der Waals surface area contributed by atoms with Crippen LogP contribution in [-0.4, -0.2) is 4.99 Å². The van der Waals surface area contributed by atoms with E-state index in [1.807, 2.05) is 18.2 Å². The molecule has 0 saturated heterocycles. The fraction of sp³-hybridized carbons (Fsp3) is 0.364. The molecule has 0 spiro atoms. The molecule has 0 aliphatic carbocycles. The Balaban J connectivity index is 2.64. The summed E-state index contributed by atoms with van der Waals surface area (Å²) < 4.78 is 0. The third-order valence-corrected chi connectivity index (χ3v) is 3.02. The molecule has 0 aliphatic rings. The van der Waals surface area contributed by atoms with Crippen molar-refractivity contribution >= 4 is 40.4 Å². The van der Waals surface area contributed by atoms with Gasteiger partial charge in [0.1, 0.15) is 0 Å². The zero-order valence-corrected chi connectivity index (χ0v) is 10.8. The van der Waals surface area contributed by atoms with Gasteiger partial charge in [-0.1, -0.05) is 48.4 Å². The molecule has 1 aromatic carbocycles. The summed E-state index contributed by atoms with van der Waals surface area (Å²) in [5.41, 5.74) is 6.65. The van der Waals surface area contributed by atoms with E-state index in [-0.39, 0.29) is 0 Å². The van der Waals surface area contributed by atoms with Crippen LogP contribution in [0.2, 0.25) is 10.0 Å². The molecule has 0 aliphatic heterocycles. The van der Waals surface area contributed by atoms with E-state index in [1.54, 1.807) is 0 Å². The number of halogens is 2. The zero-order chi connectivity index (χ0) is 11.4. The molecule has 4 heteroatoms. The van der Waals surface area contributed by atoms with Crippen LogP contribution in [0, 0.1) is 5.92 Å². The van der Waals surface area contributed by atoms with E-state index in [2.05, 4.69) is 6.92 Å². The monoisotopic (exact) mass is 261 g/mol. The largest absolute Gasteiger partial charge is 0.393 e. The van der Waals surface area contributed by atoms with Gasteiger partial charge in [-0.15, -0.1) is 0 Å². The second kappa shape index (κ2) is 5.69. The summed E-state index contributed by atoms with van der Waals surface area (Å²) >= 11 is 16.6. The van der Waals surface area contributed by atoms with Crippen LogP contribution in [0.1, 0.15) is 18.9 Å². The maximum absolute atomic E-state index is 5.92. The fourth-order valence-corrected chi connectivity index (χ4v) is 2.09. The lowest BCUT2D eigenvalue weighted by atomic mass is 9.98. The molecule has 0 bridgehead atoms. The van der Waals surface area contributed by atoms with Gasteiger partial charge in [0.25, 0.3) is 0 Å². The molecule has 1 nitrogen and oxygen atoms in total. The number of rotatable bonds is 4.